The lowest BCUT2D eigenvalue weighted by atomic mass is 9.68. The number of H-pyrrole nitrogens is 1. The molecule has 4 aliphatic rings. The minimum absolute atomic E-state index is 0.168. The van der Waals surface area contributed by atoms with Crippen LogP contribution < -0.4 is 0 Å². The fraction of sp³-hybridized carbons (Fsp3) is 0.421. The summed E-state index contributed by atoms with van der Waals surface area (Å²) in [5.74, 6) is -0.319. The fourth-order valence-electron chi connectivity index (χ4n) is 5.86. The summed E-state index contributed by atoms with van der Waals surface area (Å²) >= 11 is 15.0. The average Bonchev–Trinajstić information content (AvgIpc) is 3.35. The van der Waals surface area contributed by atoms with Gasteiger partial charge in [-0.1, -0.05) is 23.7 Å². The molecule has 2 aliphatic carbocycles. The zero-order valence-electron chi connectivity index (χ0n) is 13.9. The Morgan fingerprint density at radius 1 is 1.11 bits per heavy atom. The molecule has 0 radical (unpaired) electrons. The highest BCUT2D eigenvalue weighted by Crippen LogP contribution is 2.68. The normalized spacial score (nSPS) is 38.5. The molecule has 1 aromatic heterocycles. The van der Waals surface area contributed by atoms with Crippen molar-refractivity contribution in [1.82, 2.24) is 4.98 Å². The summed E-state index contributed by atoms with van der Waals surface area (Å²) in [5.41, 5.74) is 1.20. The van der Waals surface area contributed by atoms with Gasteiger partial charge < -0.3 is 9.72 Å². The number of cyclic esters (lactones) is 2. The van der Waals surface area contributed by atoms with E-state index in [2.05, 4.69) is 17.1 Å². The lowest BCUT2D eigenvalue weighted by molar-refractivity contribution is -0.154. The topological polar surface area (TPSA) is 59.2 Å². The maximum Gasteiger partial charge on any atom is 0.317 e. The van der Waals surface area contributed by atoms with Crippen molar-refractivity contribution < 1.29 is 14.3 Å². The van der Waals surface area contributed by atoms with E-state index in [1.165, 1.54) is 10.4 Å². The molecule has 2 aliphatic heterocycles. The van der Waals surface area contributed by atoms with E-state index in [9.17, 15) is 9.59 Å². The Labute approximate surface area is 173 Å². The van der Waals surface area contributed by atoms with Crippen LogP contribution in [0.2, 0.25) is 5.02 Å². The molecule has 6 rings (SSSR count). The number of halogens is 1. The summed E-state index contributed by atoms with van der Waals surface area (Å²) in [7, 11) is 0. The van der Waals surface area contributed by atoms with Gasteiger partial charge >= 0.3 is 11.9 Å². The van der Waals surface area contributed by atoms with Gasteiger partial charge in [-0.2, -0.15) is 0 Å². The number of hydrogen-bond acceptors (Lipinski definition) is 6. The molecule has 1 aromatic carbocycles. The molecule has 1 N–H and O–H groups in total. The molecule has 8 heteroatoms. The Hall–Kier alpha value is -1.15. The highest BCUT2D eigenvalue weighted by atomic mass is 35.5. The quantitative estimate of drug-likeness (QED) is 0.401. The molecule has 2 saturated carbocycles. The van der Waals surface area contributed by atoms with Crippen molar-refractivity contribution in [3.05, 3.63) is 43.7 Å². The van der Waals surface area contributed by atoms with E-state index < -0.39 is 0 Å². The van der Waals surface area contributed by atoms with Gasteiger partial charge in [-0.05, 0) is 54.1 Å². The number of aromatic nitrogens is 1. The zero-order chi connectivity index (χ0) is 18.4. The van der Waals surface area contributed by atoms with Crippen molar-refractivity contribution in [1.29, 1.82) is 0 Å². The molecule has 138 valence electrons. The van der Waals surface area contributed by atoms with Gasteiger partial charge in [0.05, 0.1) is 16.9 Å². The summed E-state index contributed by atoms with van der Waals surface area (Å²) in [6.45, 7) is 0. The smallest absolute Gasteiger partial charge is 0.317 e. The molecule has 0 amide bonds. The SMILES string of the molecule is O=C1OC(=O)C2C3CC(C4Sc5[nH]c(=S)sc5C(c5ccc(Cl)cc5)C34)C12. The first-order valence-electron chi connectivity index (χ1n) is 8.93. The number of carbonyl (C=O) groups is 2. The Morgan fingerprint density at radius 3 is 2.56 bits per heavy atom. The number of thioether (sulfide) groups is 1. The number of benzene rings is 1. The molecule has 2 aromatic rings. The Bertz CT molecular complexity index is 1050. The average molecular weight is 436 g/mol. The van der Waals surface area contributed by atoms with Crippen LogP contribution in [-0.2, 0) is 14.3 Å². The summed E-state index contributed by atoms with van der Waals surface area (Å²) in [6, 6.07) is 7.99. The second-order valence-corrected chi connectivity index (χ2v) is 11.1. The molecule has 27 heavy (non-hydrogen) atoms. The minimum Gasteiger partial charge on any atom is -0.393 e. The number of aromatic amines is 1. The minimum atomic E-state index is -0.316. The van der Waals surface area contributed by atoms with Crippen molar-refractivity contribution in [2.75, 3.05) is 0 Å². The zero-order valence-corrected chi connectivity index (χ0v) is 17.1. The van der Waals surface area contributed by atoms with E-state index in [1.807, 2.05) is 23.9 Å². The third-order valence-corrected chi connectivity index (χ3v) is 9.88. The van der Waals surface area contributed by atoms with Crippen LogP contribution in [0.15, 0.2) is 29.3 Å². The molecule has 1 saturated heterocycles. The van der Waals surface area contributed by atoms with Crippen LogP contribution in [0, 0.1) is 33.5 Å². The predicted octanol–water partition coefficient (Wildman–Crippen LogP) is 4.65. The number of nitrogens with one attached hydrogen (secondary N) is 1. The van der Waals surface area contributed by atoms with Gasteiger partial charge in [0.25, 0.3) is 0 Å². The van der Waals surface area contributed by atoms with Crippen molar-refractivity contribution in [2.45, 2.75) is 22.6 Å². The van der Waals surface area contributed by atoms with Crippen LogP contribution in [0.1, 0.15) is 22.8 Å². The van der Waals surface area contributed by atoms with Crippen LogP contribution in [0.5, 0.6) is 0 Å². The predicted molar refractivity (Wildman–Crippen MR) is 106 cm³/mol. The highest BCUT2D eigenvalue weighted by Gasteiger charge is 2.69. The van der Waals surface area contributed by atoms with Gasteiger partial charge in [0.2, 0.25) is 0 Å². The standard InChI is InChI=1S/C19H14ClNO3S3/c20-7-3-1-6(2-4-7)10-11-8-5-9(13-12(8)17(22)24-18(13)23)14(11)26-16-15(10)27-19(25)21-16/h1-4,8-14H,5H2,(H,21,25). The second kappa shape index (κ2) is 5.69. The Morgan fingerprint density at radius 2 is 1.81 bits per heavy atom. The number of ether oxygens (including phenoxy) is 1. The van der Waals surface area contributed by atoms with Gasteiger partial charge in [-0.25, -0.2) is 0 Å². The van der Waals surface area contributed by atoms with Crippen molar-refractivity contribution >= 4 is 58.9 Å². The first-order chi connectivity index (χ1) is 13.0. The van der Waals surface area contributed by atoms with E-state index in [0.29, 0.717) is 16.2 Å². The van der Waals surface area contributed by atoms with Gasteiger partial charge in [-0.3, -0.25) is 9.59 Å². The summed E-state index contributed by atoms with van der Waals surface area (Å²) in [4.78, 5) is 29.3. The molecule has 7 unspecified atom stereocenters. The van der Waals surface area contributed by atoms with Crippen molar-refractivity contribution in [3.63, 3.8) is 0 Å². The van der Waals surface area contributed by atoms with E-state index in [4.69, 9.17) is 28.6 Å². The van der Waals surface area contributed by atoms with E-state index >= 15 is 0 Å². The number of fused-ring (bicyclic) bond motifs is 9. The van der Waals surface area contributed by atoms with E-state index in [0.717, 1.165) is 15.4 Å². The van der Waals surface area contributed by atoms with Crippen molar-refractivity contribution in [3.8, 4) is 0 Å². The maximum absolute atomic E-state index is 12.4. The molecule has 2 bridgehead atoms. The molecule has 3 fully saturated rings. The van der Waals surface area contributed by atoms with E-state index in [1.54, 1.807) is 11.3 Å². The third-order valence-electron chi connectivity index (χ3n) is 6.69. The van der Waals surface area contributed by atoms with Crippen LogP contribution >= 0.6 is 46.9 Å². The molecule has 3 heterocycles. The lowest BCUT2D eigenvalue weighted by Gasteiger charge is -2.42. The number of esters is 2. The van der Waals surface area contributed by atoms with Gasteiger partial charge in [0.1, 0.15) is 0 Å². The van der Waals surface area contributed by atoms with Crippen LogP contribution in [0.3, 0.4) is 0 Å². The van der Waals surface area contributed by atoms with Gasteiger partial charge in [0, 0.05) is 21.1 Å². The number of thiazole rings is 1. The lowest BCUT2D eigenvalue weighted by Crippen LogP contribution is -2.42. The molecule has 4 nitrogen and oxygen atoms in total. The largest absolute Gasteiger partial charge is 0.393 e. The number of hydrogen-bond donors (Lipinski definition) is 1. The second-order valence-electron chi connectivity index (χ2n) is 7.75. The summed E-state index contributed by atoms with van der Waals surface area (Å²) in [6.07, 6.45) is 0.929. The molecule has 7 atom stereocenters. The Balaban J connectivity index is 1.52. The number of rotatable bonds is 1. The van der Waals surface area contributed by atoms with E-state index in [-0.39, 0.29) is 41.5 Å². The molecule has 0 spiro atoms. The molecular weight excluding hydrogens is 422 g/mol. The van der Waals surface area contributed by atoms with Crippen LogP contribution in [-0.4, -0.2) is 22.2 Å². The maximum atomic E-state index is 12.4. The third kappa shape index (κ3) is 2.20. The summed E-state index contributed by atoms with van der Waals surface area (Å²) < 4.78 is 5.80. The van der Waals surface area contributed by atoms with Crippen LogP contribution in [0.25, 0.3) is 0 Å². The van der Waals surface area contributed by atoms with Crippen LogP contribution in [0.4, 0.5) is 0 Å². The molecular formula is C19H14ClNO3S3. The fourth-order valence-corrected chi connectivity index (χ4v) is 9.32. The van der Waals surface area contributed by atoms with Gasteiger partial charge in [0.15, 0.2) is 3.95 Å². The van der Waals surface area contributed by atoms with Crippen molar-refractivity contribution in [2.24, 2.45) is 29.6 Å². The number of carbonyl (C=O) groups excluding carboxylic acids is 2. The first kappa shape index (κ1) is 16.8. The summed E-state index contributed by atoms with van der Waals surface area (Å²) in [5, 5.41) is 2.12. The highest BCUT2D eigenvalue weighted by molar-refractivity contribution is 8.00. The monoisotopic (exact) mass is 435 g/mol. The van der Waals surface area contributed by atoms with Gasteiger partial charge in [-0.15, -0.1) is 23.1 Å². The first-order valence-corrected chi connectivity index (χ1v) is 11.4. The Kier molecular flexibility index (Phi) is 3.53.